The number of alkyl halides is 3. The van der Waals surface area contributed by atoms with Crippen LogP contribution in [0.15, 0.2) is 48.5 Å². The molecule has 0 fully saturated rings. The highest BCUT2D eigenvalue weighted by Gasteiger charge is 2.34. The minimum atomic E-state index is -4.65. The van der Waals surface area contributed by atoms with E-state index in [4.69, 9.17) is 0 Å². The van der Waals surface area contributed by atoms with E-state index >= 15 is 0 Å². The monoisotopic (exact) mass is 335 g/mol. The number of para-hydroxylation sites is 1. The maximum Gasteiger partial charge on any atom is 0.417 e. The van der Waals surface area contributed by atoms with E-state index in [1.54, 1.807) is 0 Å². The number of rotatable bonds is 2. The highest BCUT2D eigenvalue weighted by molar-refractivity contribution is 6.04. The third-order valence-corrected chi connectivity index (χ3v) is 3.53. The number of fused-ring (bicyclic) bond motifs is 1. The van der Waals surface area contributed by atoms with Crippen LogP contribution in [0.4, 0.5) is 17.6 Å². The lowest BCUT2D eigenvalue weighted by Gasteiger charge is -2.13. The molecule has 0 spiro atoms. The van der Waals surface area contributed by atoms with Gasteiger partial charge in [0, 0.05) is 10.9 Å². The number of carboxylic acid groups (broad SMARTS) is 1. The number of hydrogen-bond acceptors (Lipinski definition) is 2. The van der Waals surface area contributed by atoms with Gasteiger partial charge in [-0.05, 0) is 18.2 Å². The average molecular weight is 335 g/mol. The molecule has 7 heteroatoms. The molecule has 1 N–H and O–H groups in total. The third kappa shape index (κ3) is 2.68. The molecule has 0 unspecified atom stereocenters. The van der Waals surface area contributed by atoms with Gasteiger partial charge in [-0.25, -0.2) is 14.2 Å². The van der Waals surface area contributed by atoms with Gasteiger partial charge in [-0.3, -0.25) is 0 Å². The molecule has 0 aliphatic heterocycles. The lowest BCUT2D eigenvalue weighted by molar-refractivity contribution is -0.137. The zero-order valence-corrected chi connectivity index (χ0v) is 11.9. The van der Waals surface area contributed by atoms with Crippen LogP contribution < -0.4 is 0 Å². The Kier molecular flexibility index (Phi) is 3.71. The summed E-state index contributed by atoms with van der Waals surface area (Å²) in [6.07, 6.45) is -4.65. The summed E-state index contributed by atoms with van der Waals surface area (Å²) in [5.41, 5.74) is -2.13. The molecule has 3 rings (SSSR count). The first-order chi connectivity index (χ1) is 11.3. The molecule has 0 saturated carbocycles. The van der Waals surface area contributed by atoms with Crippen LogP contribution in [0.2, 0.25) is 0 Å². The summed E-state index contributed by atoms with van der Waals surface area (Å²) in [4.78, 5) is 15.3. The Morgan fingerprint density at radius 2 is 1.75 bits per heavy atom. The number of pyridine rings is 1. The van der Waals surface area contributed by atoms with Crippen LogP contribution >= 0.6 is 0 Å². The van der Waals surface area contributed by atoms with Crippen molar-refractivity contribution in [1.29, 1.82) is 0 Å². The summed E-state index contributed by atoms with van der Waals surface area (Å²) >= 11 is 0. The Hall–Kier alpha value is -2.96. The molecule has 0 aliphatic rings. The summed E-state index contributed by atoms with van der Waals surface area (Å²) < 4.78 is 53.5. The second-order valence-electron chi connectivity index (χ2n) is 5.04. The Morgan fingerprint density at radius 3 is 2.42 bits per heavy atom. The lowest BCUT2D eigenvalue weighted by Crippen LogP contribution is -2.08. The number of carboxylic acids is 1. The van der Waals surface area contributed by atoms with Crippen LogP contribution in [0, 0.1) is 5.82 Å². The van der Waals surface area contributed by atoms with Gasteiger partial charge in [-0.1, -0.05) is 30.3 Å². The number of benzene rings is 2. The van der Waals surface area contributed by atoms with Gasteiger partial charge in [0.2, 0.25) is 0 Å². The quantitative estimate of drug-likeness (QED) is 0.687. The molecular formula is C17H9F4NO2. The highest BCUT2D eigenvalue weighted by atomic mass is 19.4. The van der Waals surface area contributed by atoms with Gasteiger partial charge in [0.25, 0.3) is 0 Å². The minimum Gasteiger partial charge on any atom is -0.478 e. The molecule has 0 bridgehead atoms. The zero-order valence-electron chi connectivity index (χ0n) is 11.9. The van der Waals surface area contributed by atoms with E-state index in [9.17, 15) is 27.5 Å². The van der Waals surface area contributed by atoms with Crippen molar-refractivity contribution in [3.05, 3.63) is 65.5 Å². The SMILES string of the molecule is O=C(O)c1cc(-c2ccccc2C(F)(F)F)nc2c(F)cccc12. The lowest BCUT2D eigenvalue weighted by atomic mass is 10.00. The van der Waals surface area contributed by atoms with Gasteiger partial charge in [-0.2, -0.15) is 13.2 Å². The second kappa shape index (κ2) is 5.59. The molecular weight excluding hydrogens is 326 g/mol. The van der Waals surface area contributed by atoms with Crippen LogP contribution in [0.25, 0.3) is 22.2 Å². The van der Waals surface area contributed by atoms with Gasteiger partial charge in [0.05, 0.1) is 16.8 Å². The van der Waals surface area contributed by atoms with Crippen LogP contribution in [-0.4, -0.2) is 16.1 Å². The summed E-state index contributed by atoms with van der Waals surface area (Å²) in [6.45, 7) is 0. The van der Waals surface area contributed by atoms with E-state index in [-0.39, 0.29) is 27.7 Å². The molecule has 0 saturated heterocycles. The van der Waals surface area contributed by atoms with Crippen LogP contribution in [0.1, 0.15) is 15.9 Å². The van der Waals surface area contributed by atoms with Crippen LogP contribution in [-0.2, 0) is 6.18 Å². The van der Waals surface area contributed by atoms with Gasteiger partial charge >= 0.3 is 12.1 Å². The van der Waals surface area contributed by atoms with E-state index in [0.717, 1.165) is 18.2 Å². The molecule has 1 aromatic heterocycles. The standard InChI is InChI=1S/C17H9F4NO2/c18-13-7-3-5-9-11(16(23)24)8-14(22-15(9)13)10-4-1-2-6-12(10)17(19,20)21/h1-8H,(H,23,24). The van der Waals surface area contributed by atoms with Crippen molar-refractivity contribution in [3.8, 4) is 11.3 Å². The van der Waals surface area contributed by atoms with Gasteiger partial charge < -0.3 is 5.11 Å². The summed E-state index contributed by atoms with van der Waals surface area (Å²) in [5, 5.41) is 9.33. The molecule has 3 nitrogen and oxygen atoms in total. The van der Waals surface area contributed by atoms with E-state index < -0.39 is 23.5 Å². The molecule has 122 valence electrons. The summed E-state index contributed by atoms with van der Waals surface area (Å²) in [7, 11) is 0. The first-order valence-corrected chi connectivity index (χ1v) is 6.78. The number of aromatic nitrogens is 1. The minimum absolute atomic E-state index is 0.0238. The smallest absolute Gasteiger partial charge is 0.417 e. The third-order valence-electron chi connectivity index (χ3n) is 3.53. The number of halogens is 4. The number of carbonyl (C=O) groups is 1. The molecule has 0 aliphatic carbocycles. The maximum absolute atomic E-state index is 14.0. The van der Waals surface area contributed by atoms with Crippen molar-refractivity contribution < 1.29 is 27.5 Å². The topological polar surface area (TPSA) is 50.2 Å². The number of hydrogen-bond donors (Lipinski definition) is 1. The summed E-state index contributed by atoms with van der Waals surface area (Å²) in [6, 6.07) is 9.38. The Labute approximate surface area is 133 Å². The predicted molar refractivity (Wildman–Crippen MR) is 79.1 cm³/mol. The van der Waals surface area contributed by atoms with Gasteiger partial charge in [0.1, 0.15) is 11.3 Å². The van der Waals surface area contributed by atoms with Crippen LogP contribution in [0.5, 0.6) is 0 Å². The first kappa shape index (κ1) is 15.9. The molecule has 24 heavy (non-hydrogen) atoms. The predicted octanol–water partition coefficient (Wildman–Crippen LogP) is 4.76. The normalized spacial score (nSPS) is 11.7. The molecule has 0 amide bonds. The molecule has 0 atom stereocenters. The first-order valence-electron chi connectivity index (χ1n) is 6.78. The molecule has 3 aromatic rings. The number of aromatic carboxylic acids is 1. The second-order valence-corrected chi connectivity index (χ2v) is 5.04. The van der Waals surface area contributed by atoms with Crippen molar-refractivity contribution in [2.45, 2.75) is 6.18 Å². The van der Waals surface area contributed by atoms with Crippen molar-refractivity contribution >= 4 is 16.9 Å². The fraction of sp³-hybridized carbons (Fsp3) is 0.0588. The van der Waals surface area contributed by atoms with E-state index in [1.807, 2.05) is 0 Å². The van der Waals surface area contributed by atoms with Crippen molar-refractivity contribution in [2.24, 2.45) is 0 Å². The van der Waals surface area contributed by atoms with Crippen molar-refractivity contribution in [1.82, 2.24) is 4.98 Å². The highest BCUT2D eigenvalue weighted by Crippen LogP contribution is 2.37. The van der Waals surface area contributed by atoms with E-state index in [0.29, 0.717) is 0 Å². The Balaban J connectivity index is 2.37. The molecule has 1 heterocycles. The Bertz CT molecular complexity index is 951. The van der Waals surface area contributed by atoms with Crippen LogP contribution in [0.3, 0.4) is 0 Å². The largest absolute Gasteiger partial charge is 0.478 e. The maximum atomic E-state index is 14.0. The fourth-order valence-electron chi connectivity index (χ4n) is 2.48. The van der Waals surface area contributed by atoms with Gasteiger partial charge in [-0.15, -0.1) is 0 Å². The Morgan fingerprint density at radius 1 is 1.04 bits per heavy atom. The van der Waals surface area contributed by atoms with Crippen molar-refractivity contribution in [2.75, 3.05) is 0 Å². The number of nitrogens with zero attached hydrogens (tertiary/aromatic N) is 1. The van der Waals surface area contributed by atoms with Gasteiger partial charge in [0.15, 0.2) is 0 Å². The van der Waals surface area contributed by atoms with Crippen molar-refractivity contribution in [3.63, 3.8) is 0 Å². The zero-order chi connectivity index (χ0) is 17.5. The van der Waals surface area contributed by atoms with E-state index in [1.165, 1.54) is 30.3 Å². The molecule has 2 aromatic carbocycles. The summed E-state index contributed by atoms with van der Waals surface area (Å²) in [5.74, 6) is -2.18. The van der Waals surface area contributed by atoms with E-state index in [2.05, 4.69) is 4.98 Å². The molecule has 0 radical (unpaired) electrons. The fourth-order valence-corrected chi connectivity index (χ4v) is 2.48. The average Bonchev–Trinajstić information content (AvgIpc) is 2.53.